The number of halogens is 2. The Bertz CT molecular complexity index is 335. The van der Waals surface area contributed by atoms with E-state index in [1.807, 2.05) is 24.3 Å². The molecule has 0 heterocycles. The highest BCUT2D eigenvalue weighted by Gasteiger charge is 2.35. The Morgan fingerprint density at radius 2 is 1.75 bits per heavy atom. The molecule has 2 rings (SSSR count). The zero-order chi connectivity index (χ0) is 8.72. The summed E-state index contributed by atoms with van der Waals surface area (Å²) in [4.78, 5) is 11.6. The van der Waals surface area contributed by atoms with Crippen LogP contribution in [0.3, 0.4) is 0 Å². The van der Waals surface area contributed by atoms with Gasteiger partial charge in [-0.2, -0.15) is 0 Å². The number of Topliss-reactive ketones (excluding diaryl/α,β-unsaturated/α-hetero) is 1. The topological polar surface area (TPSA) is 17.1 Å². The molecule has 0 saturated heterocycles. The minimum atomic E-state index is -0.102. The molecule has 1 aliphatic carbocycles. The first kappa shape index (κ1) is 8.45. The van der Waals surface area contributed by atoms with Crippen LogP contribution < -0.4 is 0 Å². The molecule has 1 aliphatic rings. The fourth-order valence-corrected chi connectivity index (χ4v) is 2.57. The third-order valence-electron chi connectivity index (χ3n) is 2.03. The molecule has 12 heavy (non-hydrogen) atoms. The summed E-state index contributed by atoms with van der Waals surface area (Å²) in [7, 11) is 0. The largest absolute Gasteiger partial charge is 0.293 e. The standard InChI is InChI=1S/C9H6Br2O/c10-7-5-3-1-2-4-6(5)9(12)8(7)11/h1-4,7-8H/t7-,8+/m0/s1. The van der Waals surface area contributed by atoms with E-state index in [9.17, 15) is 4.79 Å². The summed E-state index contributed by atoms with van der Waals surface area (Å²) in [6.45, 7) is 0. The maximum Gasteiger partial charge on any atom is 0.178 e. The molecule has 0 aromatic heterocycles. The van der Waals surface area contributed by atoms with Crippen molar-refractivity contribution in [2.24, 2.45) is 0 Å². The highest BCUT2D eigenvalue weighted by atomic mass is 79.9. The van der Waals surface area contributed by atoms with Gasteiger partial charge >= 0.3 is 0 Å². The van der Waals surface area contributed by atoms with Gasteiger partial charge in [-0.05, 0) is 5.56 Å². The normalized spacial score (nSPS) is 27.3. The highest BCUT2D eigenvalue weighted by molar-refractivity contribution is 9.12. The zero-order valence-corrected chi connectivity index (χ0v) is 9.30. The number of alkyl halides is 2. The minimum absolute atomic E-state index is 0.102. The molecule has 3 heteroatoms. The van der Waals surface area contributed by atoms with E-state index in [1.165, 1.54) is 0 Å². The van der Waals surface area contributed by atoms with Crippen molar-refractivity contribution in [3.05, 3.63) is 35.4 Å². The van der Waals surface area contributed by atoms with Gasteiger partial charge in [-0.3, -0.25) is 4.79 Å². The fourth-order valence-electron chi connectivity index (χ4n) is 1.40. The number of hydrogen-bond donors (Lipinski definition) is 0. The van der Waals surface area contributed by atoms with E-state index in [0.717, 1.165) is 11.1 Å². The quantitative estimate of drug-likeness (QED) is 0.671. The molecule has 0 unspecified atom stereocenters. The van der Waals surface area contributed by atoms with Crippen LogP contribution in [0.1, 0.15) is 20.7 Å². The van der Waals surface area contributed by atoms with Crippen molar-refractivity contribution in [2.75, 3.05) is 0 Å². The molecular formula is C9H6Br2O. The molecule has 0 N–H and O–H groups in total. The number of fused-ring (bicyclic) bond motifs is 1. The Labute approximate surface area is 87.4 Å². The molecule has 0 radical (unpaired) electrons. The lowest BCUT2D eigenvalue weighted by molar-refractivity contribution is 0.100. The van der Waals surface area contributed by atoms with E-state index in [0.29, 0.717) is 0 Å². The van der Waals surface area contributed by atoms with Gasteiger partial charge in [-0.15, -0.1) is 0 Å². The Hall–Kier alpha value is -0.150. The third kappa shape index (κ3) is 1.07. The molecule has 1 aromatic carbocycles. The first-order valence-electron chi connectivity index (χ1n) is 3.63. The summed E-state index contributed by atoms with van der Waals surface area (Å²) < 4.78 is 0. The van der Waals surface area contributed by atoms with Crippen molar-refractivity contribution in [2.45, 2.75) is 9.65 Å². The molecule has 0 bridgehead atoms. The Morgan fingerprint density at radius 3 is 2.42 bits per heavy atom. The summed E-state index contributed by atoms with van der Waals surface area (Å²) in [5, 5.41) is 0. The van der Waals surface area contributed by atoms with Crippen LogP contribution >= 0.6 is 31.9 Å². The predicted molar refractivity (Wildman–Crippen MR) is 55.2 cm³/mol. The van der Waals surface area contributed by atoms with Crippen LogP contribution in [0.2, 0.25) is 0 Å². The van der Waals surface area contributed by atoms with Gasteiger partial charge in [0, 0.05) is 5.56 Å². The maximum absolute atomic E-state index is 11.5. The third-order valence-corrected chi connectivity index (χ3v) is 4.71. The Morgan fingerprint density at radius 1 is 1.08 bits per heavy atom. The van der Waals surface area contributed by atoms with Crippen LogP contribution in [0.15, 0.2) is 24.3 Å². The number of carbonyl (C=O) groups is 1. The number of rotatable bonds is 0. The predicted octanol–water partition coefficient (Wildman–Crippen LogP) is 3.08. The van der Waals surface area contributed by atoms with Crippen molar-refractivity contribution in [3.8, 4) is 0 Å². The molecule has 0 amide bonds. The Kier molecular flexibility index (Phi) is 2.09. The van der Waals surface area contributed by atoms with E-state index < -0.39 is 0 Å². The molecule has 0 saturated carbocycles. The van der Waals surface area contributed by atoms with Gasteiger partial charge in [0.1, 0.15) is 0 Å². The van der Waals surface area contributed by atoms with Gasteiger partial charge < -0.3 is 0 Å². The maximum atomic E-state index is 11.5. The SMILES string of the molecule is O=C1c2ccccc2[C@H](Br)[C@H]1Br. The molecule has 0 aliphatic heterocycles. The molecular weight excluding hydrogens is 284 g/mol. The van der Waals surface area contributed by atoms with Crippen LogP contribution in [-0.2, 0) is 0 Å². The van der Waals surface area contributed by atoms with Crippen LogP contribution in [0.25, 0.3) is 0 Å². The molecule has 1 nitrogen and oxygen atoms in total. The fraction of sp³-hybridized carbons (Fsp3) is 0.222. The van der Waals surface area contributed by atoms with E-state index in [-0.39, 0.29) is 15.4 Å². The van der Waals surface area contributed by atoms with Crippen molar-refractivity contribution in [1.29, 1.82) is 0 Å². The smallest absolute Gasteiger partial charge is 0.178 e. The monoisotopic (exact) mass is 288 g/mol. The second-order valence-electron chi connectivity index (χ2n) is 2.76. The molecule has 62 valence electrons. The lowest BCUT2D eigenvalue weighted by Crippen LogP contribution is -2.07. The van der Waals surface area contributed by atoms with Crippen molar-refractivity contribution in [1.82, 2.24) is 0 Å². The average molecular weight is 290 g/mol. The highest BCUT2D eigenvalue weighted by Crippen LogP contribution is 2.41. The van der Waals surface area contributed by atoms with Gasteiger partial charge in [-0.25, -0.2) is 0 Å². The van der Waals surface area contributed by atoms with E-state index in [1.54, 1.807) is 0 Å². The molecule has 0 fully saturated rings. The van der Waals surface area contributed by atoms with Crippen molar-refractivity contribution < 1.29 is 4.79 Å². The summed E-state index contributed by atoms with van der Waals surface area (Å²) in [6.07, 6.45) is 0. The van der Waals surface area contributed by atoms with Crippen LogP contribution in [0, 0.1) is 0 Å². The van der Waals surface area contributed by atoms with Crippen molar-refractivity contribution >= 4 is 37.6 Å². The first-order valence-corrected chi connectivity index (χ1v) is 5.46. The van der Waals surface area contributed by atoms with Crippen molar-refractivity contribution in [3.63, 3.8) is 0 Å². The van der Waals surface area contributed by atoms with Crippen LogP contribution in [0.5, 0.6) is 0 Å². The van der Waals surface area contributed by atoms with Gasteiger partial charge in [0.25, 0.3) is 0 Å². The minimum Gasteiger partial charge on any atom is -0.293 e. The van der Waals surface area contributed by atoms with E-state index in [2.05, 4.69) is 31.9 Å². The van der Waals surface area contributed by atoms with Gasteiger partial charge in [0.15, 0.2) is 5.78 Å². The van der Waals surface area contributed by atoms with Gasteiger partial charge in [-0.1, -0.05) is 56.1 Å². The number of ketones is 1. The number of benzene rings is 1. The van der Waals surface area contributed by atoms with E-state index >= 15 is 0 Å². The summed E-state index contributed by atoms with van der Waals surface area (Å²) >= 11 is 6.83. The van der Waals surface area contributed by atoms with Gasteiger partial charge in [0.05, 0.1) is 9.65 Å². The molecule has 0 spiro atoms. The zero-order valence-electron chi connectivity index (χ0n) is 6.13. The molecule has 2 atom stereocenters. The van der Waals surface area contributed by atoms with E-state index in [4.69, 9.17) is 0 Å². The summed E-state index contributed by atoms with van der Waals surface area (Å²) in [5.74, 6) is 0.174. The van der Waals surface area contributed by atoms with Crippen LogP contribution in [-0.4, -0.2) is 10.6 Å². The number of carbonyl (C=O) groups excluding carboxylic acids is 1. The summed E-state index contributed by atoms with van der Waals surface area (Å²) in [6, 6.07) is 7.69. The average Bonchev–Trinajstić information content (AvgIpc) is 2.33. The summed E-state index contributed by atoms with van der Waals surface area (Å²) in [5.41, 5.74) is 1.92. The lowest BCUT2D eigenvalue weighted by Gasteiger charge is -2.02. The number of hydrogen-bond acceptors (Lipinski definition) is 1. The Balaban J connectivity index is 2.59. The first-order chi connectivity index (χ1) is 5.72. The molecule has 1 aromatic rings. The van der Waals surface area contributed by atoms with Gasteiger partial charge in [0.2, 0.25) is 0 Å². The second kappa shape index (κ2) is 2.96. The van der Waals surface area contributed by atoms with Crippen LogP contribution in [0.4, 0.5) is 0 Å². The second-order valence-corrected chi connectivity index (χ2v) is 4.73. The lowest BCUT2D eigenvalue weighted by atomic mass is 10.1.